The van der Waals surface area contributed by atoms with Crippen molar-refractivity contribution in [3.63, 3.8) is 0 Å². The van der Waals surface area contributed by atoms with E-state index in [1.807, 2.05) is 24.3 Å². The Hall–Kier alpha value is -3.85. The number of imide groups is 1. The Morgan fingerprint density at radius 3 is 2.03 bits per heavy atom. The normalized spacial score (nSPS) is 12.5. The van der Waals surface area contributed by atoms with Gasteiger partial charge >= 0.3 is 5.97 Å². The van der Waals surface area contributed by atoms with E-state index in [2.05, 4.69) is 11.3 Å². The smallest absolute Gasteiger partial charge is 0.310 e. The van der Waals surface area contributed by atoms with Crippen molar-refractivity contribution in [1.29, 1.82) is 0 Å². The van der Waals surface area contributed by atoms with E-state index < -0.39 is 0 Å². The van der Waals surface area contributed by atoms with Gasteiger partial charge in [0.1, 0.15) is 11.5 Å². The van der Waals surface area contributed by atoms with Crippen LogP contribution >= 0.6 is 11.8 Å². The van der Waals surface area contributed by atoms with Gasteiger partial charge in [-0.2, -0.15) is 0 Å². The third-order valence-corrected chi connectivity index (χ3v) is 6.26. The van der Waals surface area contributed by atoms with Crippen LogP contribution in [0.5, 0.6) is 11.5 Å². The zero-order valence-electron chi connectivity index (χ0n) is 20.4. The van der Waals surface area contributed by atoms with Gasteiger partial charge in [0.25, 0.3) is 11.8 Å². The van der Waals surface area contributed by atoms with Gasteiger partial charge in [-0.3, -0.25) is 24.1 Å². The largest absolute Gasteiger partial charge is 0.494 e. The third-order valence-electron chi connectivity index (χ3n) is 5.33. The molecule has 0 spiro atoms. The average molecular weight is 524 g/mol. The summed E-state index contributed by atoms with van der Waals surface area (Å²) in [7, 11) is 0. The third kappa shape index (κ3) is 9.27. The SMILES string of the molecule is C=COC(=O)CCCCCOc1ccc(SC(=O)c2ccc(OCCCN3C(=O)C=CC3=O)cc2)cc1. The molecular weight excluding hydrogens is 494 g/mol. The van der Waals surface area contributed by atoms with Crippen LogP contribution in [0.2, 0.25) is 0 Å². The predicted octanol–water partition coefficient (Wildman–Crippen LogP) is 4.94. The molecule has 3 rings (SSSR count). The Bertz CT molecular complexity index is 1110. The molecule has 0 unspecified atom stereocenters. The number of carbonyl (C=O) groups is 4. The number of hydrogen-bond acceptors (Lipinski definition) is 8. The zero-order valence-corrected chi connectivity index (χ0v) is 21.2. The highest BCUT2D eigenvalue weighted by Crippen LogP contribution is 2.26. The minimum atomic E-state index is -0.301. The second-order valence-corrected chi connectivity index (χ2v) is 9.11. The van der Waals surface area contributed by atoms with Gasteiger partial charge in [-0.25, -0.2) is 0 Å². The van der Waals surface area contributed by atoms with E-state index in [0.29, 0.717) is 43.9 Å². The van der Waals surface area contributed by atoms with Crippen molar-refractivity contribution in [2.45, 2.75) is 37.0 Å². The van der Waals surface area contributed by atoms with E-state index in [0.717, 1.165) is 47.9 Å². The fourth-order valence-electron chi connectivity index (χ4n) is 3.41. The minimum absolute atomic E-state index is 0.0891. The topological polar surface area (TPSA) is 99.2 Å². The summed E-state index contributed by atoms with van der Waals surface area (Å²) < 4.78 is 16.0. The molecule has 1 heterocycles. The lowest BCUT2D eigenvalue weighted by atomic mass is 10.2. The maximum atomic E-state index is 12.6. The number of esters is 1. The predicted molar refractivity (Wildman–Crippen MR) is 139 cm³/mol. The number of hydrogen-bond donors (Lipinski definition) is 0. The standard InChI is InChI=1S/C28H29NO7S/c1-2-34-27(32)7-4-3-5-19-35-23-12-14-24(15-13-23)37-28(33)21-8-10-22(11-9-21)36-20-6-18-29-25(30)16-17-26(29)31/h2,8-17H,1,3-7,18-20H2. The number of rotatable bonds is 15. The van der Waals surface area contributed by atoms with Crippen LogP contribution in [-0.4, -0.2) is 47.6 Å². The zero-order chi connectivity index (χ0) is 26.5. The van der Waals surface area contributed by atoms with E-state index in [1.165, 1.54) is 17.1 Å². The monoisotopic (exact) mass is 523 g/mol. The van der Waals surface area contributed by atoms with Crippen LogP contribution in [0.4, 0.5) is 0 Å². The molecule has 1 aliphatic heterocycles. The van der Waals surface area contributed by atoms with Gasteiger partial charge in [-0.1, -0.05) is 6.58 Å². The molecule has 0 aromatic heterocycles. The van der Waals surface area contributed by atoms with Gasteiger partial charge in [0.2, 0.25) is 5.12 Å². The van der Waals surface area contributed by atoms with Crippen molar-refractivity contribution in [1.82, 2.24) is 4.90 Å². The maximum Gasteiger partial charge on any atom is 0.310 e. The van der Waals surface area contributed by atoms with Crippen LogP contribution in [0.1, 0.15) is 42.5 Å². The molecule has 2 aromatic rings. The Morgan fingerprint density at radius 1 is 0.811 bits per heavy atom. The number of unbranched alkanes of at least 4 members (excludes halogenated alkanes) is 2. The molecule has 0 saturated carbocycles. The molecule has 0 fully saturated rings. The number of benzene rings is 2. The number of ether oxygens (including phenoxy) is 3. The van der Waals surface area contributed by atoms with Gasteiger partial charge < -0.3 is 14.2 Å². The van der Waals surface area contributed by atoms with Crippen LogP contribution in [0, 0.1) is 0 Å². The van der Waals surface area contributed by atoms with Crippen molar-refractivity contribution in [2.24, 2.45) is 0 Å². The Labute approximate surface area is 220 Å². The fraction of sp³-hybridized carbons (Fsp3) is 0.286. The van der Waals surface area contributed by atoms with Gasteiger partial charge in [-0.15, -0.1) is 0 Å². The summed E-state index contributed by atoms with van der Waals surface area (Å²) in [5.41, 5.74) is 0.550. The molecule has 0 radical (unpaired) electrons. The fourth-order valence-corrected chi connectivity index (χ4v) is 4.15. The molecule has 2 amide bonds. The lowest BCUT2D eigenvalue weighted by molar-refractivity contribution is -0.138. The van der Waals surface area contributed by atoms with Crippen LogP contribution in [-0.2, 0) is 19.1 Å². The van der Waals surface area contributed by atoms with Crippen molar-refractivity contribution < 1.29 is 33.4 Å². The summed E-state index contributed by atoms with van der Waals surface area (Å²) in [6.45, 7) is 4.54. The molecule has 1 aliphatic rings. The first kappa shape index (κ1) is 27.7. The molecule has 37 heavy (non-hydrogen) atoms. The summed E-state index contributed by atoms with van der Waals surface area (Å²) in [4.78, 5) is 48.9. The van der Waals surface area contributed by atoms with Crippen molar-refractivity contribution >= 4 is 34.7 Å². The number of thioether (sulfide) groups is 1. The summed E-state index contributed by atoms with van der Waals surface area (Å²) in [5, 5.41) is -0.0891. The van der Waals surface area contributed by atoms with Crippen LogP contribution in [0.3, 0.4) is 0 Å². The van der Waals surface area contributed by atoms with Gasteiger partial charge in [-0.05, 0) is 86.0 Å². The highest BCUT2D eigenvalue weighted by molar-refractivity contribution is 8.14. The molecule has 194 valence electrons. The highest BCUT2D eigenvalue weighted by Gasteiger charge is 2.22. The number of nitrogens with zero attached hydrogens (tertiary/aromatic N) is 1. The molecule has 0 aliphatic carbocycles. The van der Waals surface area contributed by atoms with Crippen molar-refractivity contribution in [3.8, 4) is 11.5 Å². The Balaban J connectivity index is 1.33. The van der Waals surface area contributed by atoms with Crippen LogP contribution in [0.15, 0.2) is 78.4 Å². The van der Waals surface area contributed by atoms with Crippen molar-refractivity contribution in [3.05, 3.63) is 79.1 Å². The van der Waals surface area contributed by atoms with E-state index >= 15 is 0 Å². The first-order valence-electron chi connectivity index (χ1n) is 12.0. The van der Waals surface area contributed by atoms with E-state index in [1.54, 1.807) is 24.3 Å². The van der Waals surface area contributed by atoms with E-state index in [4.69, 9.17) is 9.47 Å². The molecule has 0 saturated heterocycles. The van der Waals surface area contributed by atoms with Gasteiger partial charge in [0.05, 0.1) is 19.5 Å². The van der Waals surface area contributed by atoms with Crippen molar-refractivity contribution in [2.75, 3.05) is 19.8 Å². The summed E-state index contributed by atoms with van der Waals surface area (Å²) in [6, 6.07) is 14.2. The number of amides is 2. The summed E-state index contributed by atoms with van der Waals surface area (Å²) in [5.74, 6) is 0.452. The van der Waals surface area contributed by atoms with Crippen LogP contribution < -0.4 is 9.47 Å². The molecule has 9 heteroatoms. The van der Waals surface area contributed by atoms with Gasteiger partial charge in [0, 0.05) is 35.6 Å². The highest BCUT2D eigenvalue weighted by atomic mass is 32.2. The Kier molecular flexibility index (Phi) is 11.0. The van der Waals surface area contributed by atoms with Crippen LogP contribution in [0.25, 0.3) is 0 Å². The molecular formula is C28H29NO7S. The number of carbonyl (C=O) groups excluding carboxylic acids is 4. The minimum Gasteiger partial charge on any atom is -0.494 e. The molecule has 2 aromatic carbocycles. The van der Waals surface area contributed by atoms with E-state index in [-0.39, 0.29) is 22.9 Å². The lowest BCUT2D eigenvalue weighted by Gasteiger charge is -2.13. The quantitative estimate of drug-likeness (QED) is 0.106. The Morgan fingerprint density at radius 2 is 1.41 bits per heavy atom. The van der Waals surface area contributed by atoms with Gasteiger partial charge in [0.15, 0.2) is 0 Å². The second-order valence-electron chi connectivity index (χ2n) is 8.06. The summed E-state index contributed by atoms with van der Waals surface area (Å²) in [6.07, 6.45) is 6.97. The molecule has 0 bridgehead atoms. The molecule has 8 nitrogen and oxygen atoms in total. The second kappa shape index (κ2) is 14.6. The molecule has 0 atom stereocenters. The van der Waals surface area contributed by atoms with E-state index in [9.17, 15) is 19.2 Å². The first-order valence-corrected chi connectivity index (χ1v) is 12.8. The summed E-state index contributed by atoms with van der Waals surface area (Å²) >= 11 is 1.13. The first-order chi connectivity index (χ1) is 18.0. The lowest BCUT2D eigenvalue weighted by Crippen LogP contribution is -2.31. The molecule has 0 N–H and O–H groups in total. The average Bonchev–Trinajstić information content (AvgIpc) is 3.22. The maximum absolute atomic E-state index is 12.6.